The van der Waals surface area contributed by atoms with Crippen LogP contribution >= 0.6 is 0 Å². The molecule has 1 saturated heterocycles. The Bertz CT molecular complexity index is 438. The number of nitrogens with zero attached hydrogens (tertiary/aromatic N) is 3. The highest BCUT2D eigenvalue weighted by molar-refractivity contribution is 5.50. The van der Waals surface area contributed by atoms with Crippen molar-refractivity contribution in [2.75, 3.05) is 37.0 Å². The van der Waals surface area contributed by atoms with Gasteiger partial charge in [-0.2, -0.15) is 0 Å². The third kappa shape index (κ3) is 4.56. The molecule has 0 amide bonds. The molecule has 2 heterocycles. The molecule has 21 heavy (non-hydrogen) atoms. The fraction of sp³-hybridized carbons (Fsp3) is 0.750. The Kier molecular flexibility index (Phi) is 6.23. The topological polar surface area (TPSA) is 50.3 Å². The van der Waals surface area contributed by atoms with Crippen molar-refractivity contribution in [3.8, 4) is 0 Å². The van der Waals surface area contributed by atoms with Gasteiger partial charge in [0.25, 0.3) is 0 Å². The molecule has 1 fully saturated rings. The average molecular weight is 292 g/mol. The van der Waals surface area contributed by atoms with E-state index in [1.165, 1.54) is 25.7 Å². The first-order valence-electron chi connectivity index (χ1n) is 8.09. The number of aryl methyl sites for hydroxylation is 1. The van der Waals surface area contributed by atoms with Crippen LogP contribution in [0.25, 0.3) is 0 Å². The van der Waals surface area contributed by atoms with Crippen LogP contribution in [0.5, 0.6) is 0 Å². The van der Waals surface area contributed by atoms with Gasteiger partial charge in [0.15, 0.2) is 0 Å². The Morgan fingerprint density at radius 2 is 2.24 bits per heavy atom. The van der Waals surface area contributed by atoms with E-state index in [9.17, 15) is 0 Å². The Morgan fingerprint density at radius 3 is 3.00 bits per heavy atom. The molecule has 0 spiro atoms. The second-order valence-corrected chi connectivity index (χ2v) is 5.68. The summed E-state index contributed by atoms with van der Waals surface area (Å²) in [5.74, 6) is 2.83. The van der Waals surface area contributed by atoms with Gasteiger partial charge in [-0.3, -0.25) is 0 Å². The number of aromatic nitrogens is 2. The van der Waals surface area contributed by atoms with Gasteiger partial charge in [-0.1, -0.05) is 6.92 Å². The predicted octanol–water partition coefficient (Wildman–Crippen LogP) is 3.00. The van der Waals surface area contributed by atoms with Crippen molar-refractivity contribution in [3.05, 3.63) is 11.9 Å². The highest BCUT2D eigenvalue weighted by Crippen LogP contribution is 2.26. The van der Waals surface area contributed by atoms with E-state index >= 15 is 0 Å². The Labute approximate surface area is 128 Å². The maximum atomic E-state index is 5.07. The summed E-state index contributed by atoms with van der Waals surface area (Å²) in [7, 11) is 1.73. The van der Waals surface area contributed by atoms with E-state index in [2.05, 4.69) is 33.2 Å². The van der Waals surface area contributed by atoms with Crippen molar-refractivity contribution >= 4 is 11.6 Å². The zero-order valence-electron chi connectivity index (χ0n) is 13.6. The van der Waals surface area contributed by atoms with E-state index in [0.717, 1.165) is 43.6 Å². The van der Waals surface area contributed by atoms with E-state index in [4.69, 9.17) is 4.74 Å². The van der Waals surface area contributed by atoms with E-state index in [1.54, 1.807) is 7.11 Å². The fourth-order valence-corrected chi connectivity index (χ4v) is 2.95. The number of rotatable bonds is 7. The van der Waals surface area contributed by atoms with Crippen molar-refractivity contribution in [2.45, 2.75) is 52.0 Å². The molecular formula is C16H28N4O. The summed E-state index contributed by atoms with van der Waals surface area (Å²) < 4.78 is 5.07. The molecule has 2 rings (SSSR count). The first-order valence-corrected chi connectivity index (χ1v) is 8.09. The second-order valence-electron chi connectivity index (χ2n) is 5.68. The van der Waals surface area contributed by atoms with Crippen LogP contribution in [-0.2, 0) is 4.74 Å². The van der Waals surface area contributed by atoms with Crippen molar-refractivity contribution < 1.29 is 4.74 Å². The van der Waals surface area contributed by atoms with Crippen LogP contribution in [0, 0.1) is 6.92 Å². The van der Waals surface area contributed by atoms with Crippen LogP contribution in [0.2, 0.25) is 0 Å². The first kappa shape index (κ1) is 16.0. The lowest BCUT2D eigenvalue weighted by atomic mass is 10.00. The average Bonchev–Trinajstić information content (AvgIpc) is 2.51. The Morgan fingerprint density at radius 1 is 1.38 bits per heavy atom. The summed E-state index contributed by atoms with van der Waals surface area (Å²) in [6, 6.07) is 2.71. The standard InChI is InChI=1S/C16H28N4O/c1-4-14-8-5-6-10-20(14)16-12-15(18-13(2)19-16)17-9-7-11-21-3/h12,14H,4-11H2,1-3H3,(H,17,18,19). The lowest BCUT2D eigenvalue weighted by molar-refractivity contribution is 0.198. The van der Waals surface area contributed by atoms with Gasteiger partial charge in [-0.05, 0) is 39.0 Å². The lowest BCUT2D eigenvalue weighted by Crippen LogP contribution is -2.39. The number of ether oxygens (including phenoxy) is 1. The highest BCUT2D eigenvalue weighted by atomic mass is 16.5. The zero-order chi connectivity index (χ0) is 15.1. The van der Waals surface area contributed by atoms with E-state index in [0.29, 0.717) is 6.04 Å². The van der Waals surface area contributed by atoms with Crippen molar-refractivity contribution in [2.24, 2.45) is 0 Å². The van der Waals surface area contributed by atoms with Crippen molar-refractivity contribution in [3.63, 3.8) is 0 Å². The number of hydrogen-bond acceptors (Lipinski definition) is 5. The normalized spacial score (nSPS) is 18.8. The van der Waals surface area contributed by atoms with Crippen LogP contribution in [-0.4, -0.2) is 42.8 Å². The number of methoxy groups -OCH3 is 1. The summed E-state index contributed by atoms with van der Waals surface area (Å²) >= 11 is 0. The molecule has 1 aromatic heterocycles. The molecule has 1 aliphatic heterocycles. The summed E-state index contributed by atoms with van der Waals surface area (Å²) in [4.78, 5) is 11.6. The van der Waals surface area contributed by atoms with E-state index < -0.39 is 0 Å². The lowest BCUT2D eigenvalue weighted by Gasteiger charge is -2.36. The summed E-state index contributed by atoms with van der Waals surface area (Å²) in [6.07, 6.45) is 6.03. The highest BCUT2D eigenvalue weighted by Gasteiger charge is 2.22. The predicted molar refractivity (Wildman–Crippen MR) is 87.0 cm³/mol. The van der Waals surface area contributed by atoms with Crippen molar-refractivity contribution in [1.82, 2.24) is 9.97 Å². The van der Waals surface area contributed by atoms with Crippen LogP contribution in [0.1, 0.15) is 44.9 Å². The molecule has 1 aromatic rings. The minimum atomic E-state index is 0.620. The minimum absolute atomic E-state index is 0.620. The van der Waals surface area contributed by atoms with Gasteiger partial charge < -0.3 is 15.0 Å². The molecule has 0 radical (unpaired) electrons. The summed E-state index contributed by atoms with van der Waals surface area (Å²) in [5.41, 5.74) is 0. The van der Waals surface area contributed by atoms with Gasteiger partial charge in [0.05, 0.1) is 0 Å². The minimum Gasteiger partial charge on any atom is -0.385 e. The molecule has 5 heteroatoms. The maximum Gasteiger partial charge on any atom is 0.134 e. The molecule has 0 saturated carbocycles. The van der Waals surface area contributed by atoms with Gasteiger partial charge in [0.1, 0.15) is 17.5 Å². The van der Waals surface area contributed by atoms with Gasteiger partial charge in [0.2, 0.25) is 0 Å². The number of anilines is 2. The second kappa shape index (κ2) is 8.17. The molecule has 0 aromatic carbocycles. The smallest absolute Gasteiger partial charge is 0.134 e. The number of nitrogens with one attached hydrogen (secondary N) is 1. The zero-order valence-corrected chi connectivity index (χ0v) is 13.6. The summed E-state index contributed by atoms with van der Waals surface area (Å²) in [6.45, 7) is 6.99. The van der Waals surface area contributed by atoms with Crippen LogP contribution in [0.15, 0.2) is 6.07 Å². The molecule has 0 aliphatic carbocycles. The van der Waals surface area contributed by atoms with Gasteiger partial charge in [-0.25, -0.2) is 9.97 Å². The molecule has 1 N–H and O–H groups in total. The van der Waals surface area contributed by atoms with Crippen LogP contribution in [0.4, 0.5) is 11.6 Å². The van der Waals surface area contributed by atoms with Gasteiger partial charge in [-0.15, -0.1) is 0 Å². The molecular weight excluding hydrogens is 264 g/mol. The van der Waals surface area contributed by atoms with E-state index in [1.807, 2.05) is 6.92 Å². The Hall–Kier alpha value is -1.36. The SMILES string of the molecule is CCC1CCCCN1c1cc(NCCCOC)nc(C)n1. The third-order valence-electron chi connectivity index (χ3n) is 4.05. The molecule has 0 bridgehead atoms. The molecule has 1 aliphatic rings. The maximum absolute atomic E-state index is 5.07. The van der Waals surface area contributed by atoms with Crippen LogP contribution < -0.4 is 10.2 Å². The molecule has 1 atom stereocenters. The van der Waals surface area contributed by atoms with Gasteiger partial charge >= 0.3 is 0 Å². The molecule has 5 nitrogen and oxygen atoms in total. The van der Waals surface area contributed by atoms with Gasteiger partial charge in [0, 0.05) is 38.9 Å². The number of hydrogen-bond donors (Lipinski definition) is 1. The monoisotopic (exact) mass is 292 g/mol. The van der Waals surface area contributed by atoms with Crippen molar-refractivity contribution in [1.29, 1.82) is 0 Å². The number of piperidine rings is 1. The molecule has 1 unspecified atom stereocenters. The van der Waals surface area contributed by atoms with E-state index in [-0.39, 0.29) is 0 Å². The molecule has 118 valence electrons. The third-order valence-corrected chi connectivity index (χ3v) is 4.05. The quantitative estimate of drug-likeness (QED) is 0.783. The first-order chi connectivity index (χ1) is 10.2. The summed E-state index contributed by atoms with van der Waals surface area (Å²) in [5, 5.41) is 3.37. The Balaban J connectivity index is 2.06. The van der Waals surface area contributed by atoms with Crippen LogP contribution in [0.3, 0.4) is 0 Å². The largest absolute Gasteiger partial charge is 0.385 e. The fourth-order valence-electron chi connectivity index (χ4n) is 2.95.